The molecular formula is C16H22N6O2. The van der Waals surface area contributed by atoms with Crippen LogP contribution in [0.25, 0.3) is 0 Å². The van der Waals surface area contributed by atoms with E-state index in [0.717, 1.165) is 37.1 Å². The lowest BCUT2D eigenvalue weighted by molar-refractivity contribution is -0.122. The van der Waals surface area contributed by atoms with Crippen molar-refractivity contribution in [1.29, 1.82) is 0 Å². The summed E-state index contributed by atoms with van der Waals surface area (Å²) in [5.74, 6) is -0.0393. The third kappa shape index (κ3) is 4.50. The molecule has 0 aliphatic heterocycles. The van der Waals surface area contributed by atoms with E-state index >= 15 is 0 Å². The first-order chi connectivity index (χ1) is 11.6. The van der Waals surface area contributed by atoms with Crippen molar-refractivity contribution in [3.05, 3.63) is 30.1 Å². The van der Waals surface area contributed by atoms with Crippen molar-refractivity contribution >= 4 is 5.91 Å². The van der Waals surface area contributed by atoms with Gasteiger partial charge in [0.25, 0.3) is 0 Å². The van der Waals surface area contributed by atoms with Gasteiger partial charge in [-0.1, -0.05) is 0 Å². The maximum atomic E-state index is 12.0. The fourth-order valence-electron chi connectivity index (χ4n) is 2.96. The summed E-state index contributed by atoms with van der Waals surface area (Å²) in [6.45, 7) is 4.07. The quantitative estimate of drug-likeness (QED) is 0.885. The average Bonchev–Trinajstić information content (AvgIpc) is 3.01. The van der Waals surface area contributed by atoms with E-state index in [9.17, 15) is 4.79 Å². The van der Waals surface area contributed by atoms with E-state index in [-0.39, 0.29) is 24.6 Å². The Morgan fingerprint density at radius 3 is 2.58 bits per heavy atom. The topological polar surface area (TPSA) is 94.8 Å². The number of aromatic nitrogens is 5. The zero-order valence-electron chi connectivity index (χ0n) is 14.0. The number of hydrogen-bond acceptors (Lipinski definition) is 6. The fourth-order valence-corrected chi connectivity index (χ4v) is 2.96. The van der Waals surface area contributed by atoms with Crippen LogP contribution < -0.4 is 10.1 Å². The highest BCUT2D eigenvalue weighted by Gasteiger charge is 2.24. The van der Waals surface area contributed by atoms with Crippen molar-refractivity contribution in [2.75, 3.05) is 0 Å². The van der Waals surface area contributed by atoms with E-state index in [1.165, 1.54) is 17.3 Å². The monoisotopic (exact) mass is 330 g/mol. The van der Waals surface area contributed by atoms with Crippen molar-refractivity contribution in [2.24, 2.45) is 0 Å². The number of aryl methyl sites for hydroxylation is 2. The second kappa shape index (κ2) is 7.37. The van der Waals surface area contributed by atoms with Gasteiger partial charge in [0.05, 0.1) is 0 Å². The summed E-state index contributed by atoms with van der Waals surface area (Å²) >= 11 is 0. The molecule has 2 aromatic heterocycles. The van der Waals surface area contributed by atoms with Gasteiger partial charge in [-0.25, -0.2) is 19.6 Å². The van der Waals surface area contributed by atoms with Crippen LogP contribution in [0.3, 0.4) is 0 Å². The molecule has 1 saturated carbocycles. The van der Waals surface area contributed by atoms with Crippen LogP contribution in [0.15, 0.2) is 18.7 Å². The first-order valence-electron chi connectivity index (χ1n) is 8.19. The molecule has 1 aliphatic rings. The predicted octanol–water partition coefficient (Wildman–Crippen LogP) is 1.19. The minimum absolute atomic E-state index is 0.0393. The van der Waals surface area contributed by atoms with Gasteiger partial charge in [0.1, 0.15) is 25.3 Å². The second-order valence-electron chi connectivity index (χ2n) is 6.19. The molecule has 0 aromatic carbocycles. The Kier molecular flexibility index (Phi) is 5.02. The van der Waals surface area contributed by atoms with Gasteiger partial charge in [0.2, 0.25) is 5.91 Å². The Balaban J connectivity index is 1.44. The van der Waals surface area contributed by atoms with Gasteiger partial charge in [-0.05, 0) is 45.6 Å². The molecule has 128 valence electrons. The molecule has 2 aromatic rings. The number of nitrogens with zero attached hydrogens (tertiary/aromatic N) is 5. The van der Waals surface area contributed by atoms with Gasteiger partial charge < -0.3 is 10.1 Å². The van der Waals surface area contributed by atoms with Crippen LogP contribution in [0.1, 0.15) is 37.1 Å². The molecule has 0 radical (unpaired) electrons. The second-order valence-corrected chi connectivity index (χ2v) is 6.19. The largest absolute Gasteiger partial charge is 0.460 e. The fraction of sp³-hybridized carbons (Fsp3) is 0.562. The third-order valence-corrected chi connectivity index (χ3v) is 4.05. The smallest absolute Gasteiger partial charge is 0.317 e. The zero-order valence-corrected chi connectivity index (χ0v) is 14.0. The van der Waals surface area contributed by atoms with E-state index in [1.54, 1.807) is 0 Å². The number of carbonyl (C=O) groups is 1. The van der Waals surface area contributed by atoms with Crippen LogP contribution in [0.4, 0.5) is 0 Å². The summed E-state index contributed by atoms with van der Waals surface area (Å²) in [4.78, 5) is 24.4. The number of rotatable bonds is 5. The van der Waals surface area contributed by atoms with Crippen LogP contribution in [-0.4, -0.2) is 42.8 Å². The molecule has 1 fully saturated rings. The Labute approximate surface area is 140 Å². The van der Waals surface area contributed by atoms with Crippen LogP contribution >= 0.6 is 0 Å². The molecule has 0 bridgehead atoms. The molecule has 0 saturated heterocycles. The molecular weight excluding hydrogens is 308 g/mol. The number of carbonyl (C=O) groups excluding carboxylic acids is 1. The molecule has 1 aliphatic carbocycles. The molecule has 24 heavy (non-hydrogen) atoms. The summed E-state index contributed by atoms with van der Waals surface area (Å²) < 4.78 is 7.41. The zero-order chi connectivity index (χ0) is 16.9. The molecule has 8 heteroatoms. The van der Waals surface area contributed by atoms with Gasteiger partial charge in [-0.2, -0.15) is 5.10 Å². The lowest BCUT2D eigenvalue weighted by Gasteiger charge is -2.29. The molecule has 0 spiro atoms. The normalized spacial score (nSPS) is 20.6. The number of hydrogen-bond donors (Lipinski definition) is 1. The molecule has 0 atom stereocenters. The van der Waals surface area contributed by atoms with E-state index < -0.39 is 0 Å². The average molecular weight is 330 g/mol. The van der Waals surface area contributed by atoms with E-state index in [2.05, 4.69) is 25.4 Å². The molecule has 1 N–H and O–H groups in total. The summed E-state index contributed by atoms with van der Waals surface area (Å²) in [6.07, 6.45) is 6.60. The summed E-state index contributed by atoms with van der Waals surface area (Å²) in [5, 5.41) is 6.98. The van der Waals surface area contributed by atoms with Gasteiger partial charge in [0.15, 0.2) is 0 Å². The van der Waals surface area contributed by atoms with Crippen LogP contribution in [0.2, 0.25) is 0 Å². The van der Waals surface area contributed by atoms with Crippen LogP contribution in [0, 0.1) is 13.8 Å². The molecule has 0 unspecified atom stereocenters. The number of amides is 1. The first-order valence-corrected chi connectivity index (χ1v) is 8.19. The van der Waals surface area contributed by atoms with Crippen molar-refractivity contribution in [3.63, 3.8) is 0 Å². The van der Waals surface area contributed by atoms with E-state index in [1.807, 2.05) is 19.9 Å². The maximum Gasteiger partial charge on any atom is 0.317 e. The Morgan fingerprint density at radius 1 is 1.25 bits per heavy atom. The SMILES string of the molecule is Cc1cc(C)nc(OC2CCC(NC(=O)Cn3cncn3)CC2)n1. The number of nitrogens with one attached hydrogen (secondary N) is 1. The van der Waals surface area contributed by atoms with Crippen molar-refractivity contribution in [1.82, 2.24) is 30.0 Å². The third-order valence-electron chi connectivity index (χ3n) is 4.05. The Bertz CT molecular complexity index is 660. The van der Waals surface area contributed by atoms with Gasteiger partial charge in [-0.3, -0.25) is 4.79 Å². The first kappa shape index (κ1) is 16.4. The minimum Gasteiger partial charge on any atom is -0.460 e. The lowest BCUT2D eigenvalue weighted by Crippen LogP contribution is -2.41. The maximum absolute atomic E-state index is 12.0. The van der Waals surface area contributed by atoms with E-state index in [0.29, 0.717) is 6.01 Å². The Morgan fingerprint density at radius 2 is 1.96 bits per heavy atom. The standard InChI is InChI=1S/C16H22N6O2/c1-11-7-12(2)20-16(19-11)24-14-5-3-13(4-6-14)21-15(23)8-22-10-17-9-18-22/h7,9-10,13-14H,3-6,8H2,1-2H3,(H,21,23). The van der Waals surface area contributed by atoms with Crippen LogP contribution in [0.5, 0.6) is 6.01 Å². The summed E-state index contributed by atoms with van der Waals surface area (Å²) in [7, 11) is 0. The predicted molar refractivity (Wildman–Crippen MR) is 86.3 cm³/mol. The van der Waals surface area contributed by atoms with Gasteiger partial charge in [0, 0.05) is 17.4 Å². The molecule has 2 heterocycles. The Hall–Kier alpha value is -2.51. The minimum atomic E-state index is -0.0393. The highest BCUT2D eigenvalue weighted by Crippen LogP contribution is 2.22. The summed E-state index contributed by atoms with van der Waals surface area (Å²) in [6, 6.07) is 2.56. The highest BCUT2D eigenvalue weighted by molar-refractivity contribution is 5.75. The lowest BCUT2D eigenvalue weighted by atomic mass is 9.93. The summed E-state index contributed by atoms with van der Waals surface area (Å²) in [5.41, 5.74) is 1.82. The molecule has 1 amide bonds. The van der Waals surface area contributed by atoms with E-state index in [4.69, 9.17) is 4.74 Å². The van der Waals surface area contributed by atoms with Crippen molar-refractivity contribution < 1.29 is 9.53 Å². The molecule has 3 rings (SSSR count). The van der Waals surface area contributed by atoms with Crippen molar-refractivity contribution in [3.8, 4) is 6.01 Å². The van der Waals surface area contributed by atoms with Crippen molar-refractivity contribution in [2.45, 2.75) is 58.2 Å². The number of ether oxygens (including phenoxy) is 1. The molecule has 8 nitrogen and oxygen atoms in total. The van der Waals surface area contributed by atoms with Gasteiger partial charge in [-0.15, -0.1) is 0 Å². The van der Waals surface area contributed by atoms with Crippen LogP contribution in [-0.2, 0) is 11.3 Å². The highest BCUT2D eigenvalue weighted by atomic mass is 16.5. The van der Waals surface area contributed by atoms with Gasteiger partial charge >= 0.3 is 6.01 Å².